The van der Waals surface area contributed by atoms with Crippen LogP contribution in [0.5, 0.6) is 0 Å². The number of hydrogen-bond donors (Lipinski definition) is 2. The van der Waals surface area contributed by atoms with Crippen LogP contribution in [0.15, 0.2) is 35.5 Å². The van der Waals surface area contributed by atoms with Gasteiger partial charge in [-0.3, -0.25) is 4.79 Å². The van der Waals surface area contributed by atoms with E-state index in [1.54, 1.807) is 6.20 Å². The number of aromatic nitrogens is 3. The first kappa shape index (κ1) is 12.6. The standard InChI is InChI=1S/C12H14N4OS/c1-2-9-3-5-10(6-4-9)14-11(17)8-18-12-7-13-16-15-12/h3-7H,2,8H2,1H3,(H,14,17)(H,13,15,16). The van der Waals surface area contributed by atoms with Gasteiger partial charge in [-0.1, -0.05) is 30.8 Å². The molecule has 2 aromatic rings. The van der Waals surface area contributed by atoms with Crippen molar-refractivity contribution in [1.29, 1.82) is 0 Å². The molecular formula is C12H14N4OS. The van der Waals surface area contributed by atoms with Crippen LogP contribution >= 0.6 is 11.8 Å². The Bertz CT molecular complexity index is 495. The number of aryl methyl sites for hydroxylation is 1. The number of nitrogens with zero attached hydrogens (tertiary/aromatic N) is 2. The smallest absolute Gasteiger partial charge is 0.234 e. The summed E-state index contributed by atoms with van der Waals surface area (Å²) in [6.45, 7) is 2.10. The fraction of sp³-hybridized carbons (Fsp3) is 0.250. The minimum absolute atomic E-state index is 0.0488. The predicted octanol–water partition coefficient (Wildman–Crippen LogP) is 2.10. The van der Waals surface area contributed by atoms with Crippen molar-refractivity contribution in [2.75, 3.05) is 11.1 Å². The molecule has 94 valence electrons. The van der Waals surface area contributed by atoms with Gasteiger partial charge in [-0.2, -0.15) is 10.3 Å². The third-order valence-electron chi connectivity index (χ3n) is 2.39. The summed E-state index contributed by atoms with van der Waals surface area (Å²) in [5, 5.41) is 13.6. The van der Waals surface area contributed by atoms with Gasteiger partial charge in [0, 0.05) is 5.69 Å². The highest BCUT2D eigenvalue weighted by molar-refractivity contribution is 7.99. The van der Waals surface area contributed by atoms with Crippen LogP contribution in [0.2, 0.25) is 0 Å². The minimum atomic E-state index is -0.0488. The second-order valence-electron chi connectivity index (χ2n) is 3.70. The monoisotopic (exact) mass is 262 g/mol. The second kappa shape index (κ2) is 6.20. The van der Waals surface area contributed by atoms with E-state index in [9.17, 15) is 4.79 Å². The molecule has 0 atom stereocenters. The van der Waals surface area contributed by atoms with Gasteiger partial charge in [0.1, 0.15) is 5.03 Å². The molecular weight excluding hydrogens is 248 g/mol. The van der Waals surface area contributed by atoms with Crippen LogP contribution in [0.4, 0.5) is 5.69 Å². The molecule has 1 amide bonds. The maximum absolute atomic E-state index is 11.7. The summed E-state index contributed by atoms with van der Waals surface area (Å²) in [7, 11) is 0. The molecule has 0 unspecified atom stereocenters. The number of carbonyl (C=O) groups is 1. The molecule has 2 rings (SSSR count). The number of anilines is 1. The van der Waals surface area contributed by atoms with Crippen molar-refractivity contribution in [3.05, 3.63) is 36.0 Å². The third-order valence-corrected chi connectivity index (χ3v) is 3.29. The van der Waals surface area contributed by atoms with Crippen LogP contribution in [0, 0.1) is 0 Å². The van der Waals surface area contributed by atoms with Crippen LogP contribution in [0.25, 0.3) is 0 Å². The molecule has 1 aromatic heterocycles. The number of thioether (sulfide) groups is 1. The van der Waals surface area contributed by atoms with Gasteiger partial charge < -0.3 is 5.32 Å². The van der Waals surface area contributed by atoms with Crippen LogP contribution in [-0.2, 0) is 11.2 Å². The van der Waals surface area contributed by atoms with Gasteiger partial charge in [0.25, 0.3) is 0 Å². The highest BCUT2D eigenvalue weighted by atomic mass is 32.2. The number of hydrogen-bond acceptors (Lipinski definition) is 4. The van der Waals surface area contributed by atoms with E-state index in [-0.39, 0.29) is 5.91 Å². The van der Waals surface area contributed by atoms with Gasteiger partial charge in [-0.15, -0.1) is 5.10 Å². The lowest BCUT2D eigenvalue weighted by Gasteiger charge is -2.05. The first-order chi connectivity index (χ1) is 8.78. The van der Waals surface area contributed by atoms with Gasteiger partial charge in [-0.05, 0) is 24.1 Å². The quantitative estimate of drug-likeness (QED) is 0.809. The molecule has 0 bridgehead atoms. The minimum Gasteiger partial charge on any atom is -0.325 e. The summed E-state index contributed by atoms with van der Waals surface area (Å²) in [5.74, 6) is 0.273. The lowest BCUT2D eigenvalue weighted by Crippen LogP contribution is -2.13. The Morgan fingerprint density at radius 3 is 2.78 bits per heavy atom. The number of H-pyrrole nitrogens is 1. The van der Waals surface area contributed by atoms with Crippen molar-refractivity contribution in [2.24, 2.45) is 0 Å². The molecule has 1 heterocycles. The second-order valence-corrected chi connectivity index (χ2v) is 4.69. The Labute approximate surface area is 109 Å². The van der Waals surface area contributed by atoms with E-state index in [0.717, 1.165) is 12.1 Å². The number of rotatable bonds is 5. The van der Waals surface area contributed by atoms with Gasteiger partial charge in [0.15, 0.2) is 0 Å². The topological polar surface area (TPSA) is 70.7 Å². The van der Waals surface area contributed by atoms with Crippen molar-refractivity contribution >= 4 is 23.4 Å². The molecule has 0 radical (unpaired) electrons. The molecule has 0 aliphatic rings. The van der Waals surface area contributed by atoms with E-state index in [1.165, 1.54) is 17.3 Å². The first-order valence-electron chi connectivity index (χ1n) is 5.65. The molecule has 0 aliphatic heterocycles. The molecule has 1 aromatic carbocycles. The van der Waals surface area contributed by atoms with Gasteiger partial charge >= 0.3 is 0 Å². The Balaban J connectivity index is 1.83. The summed E-state index contributed by atoms with van der Waals surface area (Å²) in [4.78, 5) is 11.7. The highest BCUT2D eigenvalue weighted by Gasteiger charge is 2.05. The summed E-state index contributed by atoms with van der Waals surface area (Å²) >= 11 is 1.35. The normalized spacial score (nSPS) is 10.3. The molecule has 18 heavy (non-hydrogen) atoms. The Kier molecular flexibility index (Phi) is 4.35. The van der Waals surface area contributed by atoms with Crippen molar-refractivity contribution in [2.45, 2.75) is 18.4 Å². The molecule has 0 aliphatic carbocycles. The average molecular weight is 262 g/mol. The summed E-state index contributed by atoms with van der Waals surface area (Å²) in [6, 6.07) is 7.86. The maximum atomic E-state index is 11.7. The van der Waals surface area contributed by atoms with Gasteiger partial charge in [-0.25, -0.2) is 0 Å². The largest absolute Gasteiger partial charge is 0.325 e. The van der Waals surface area contributed by atoms with Crippen molar-refractivity contribution in [1.82, 2.24) is 15.4 Å². The van der Waals surface area contributed by atoms with E-state index in [0.29, 0.717) is 10.8 Å². The predicted molar refractivity (Wildman–Crippen MR) is 71.6 cm³/mol. The third kappa shape index (κ3) is 3.59. The summed E-state index contributed by atoms with van der Waals surface area (Å²) in [5.41, 5.74) is 2.07. The number of carbonyl (C=O) groups excluding carboxylic acids is 1. The molecule has 5 nitrogen and oxygen atoms in total. The summed E-state index contributed by atoms with van der Waals surface area (Å²) < 4.78 is 0. The SMILES string of the molecule is CCc1ccc(NC(=O)CSc2cn[nH]n2)cc1. The zero-order valence-corrected chi connectivity index (χ0v) is 10.8. The van der Waals surface area contributed by atoms with Crippen molar-refractivity contribution in [3.8, 4) is 0 Å². The fourth-order valence-electron chi connectivity index (χ4n) is 1.42. The van der Waals surface area contributed by atoms with E-state index in [1.807, 2.05) is 24.3 Å². The molecule has 0 saturated heterocycles. The number of nitrogens with one attached hydrogen (secondary N) is 2. The van der Waals surface area contributed by atoms with Crippen LogP contribution in [0.3, 0.4) is 0 Å². The summed E-state index contributed by atoms with van der Waals surface area (Å²) in [6.07, 6.45) is 2.59. The van der Waals surface area contributed by atoms with E-state index < -0.39 is 0 Å². The zero-order valence-electron chi connectivity index (χ0n) is 10.0. The van der Waals surface area contributed by atoms with E-state index in [2.05, 4.69) is 27.7 Å². The molecule has 6 heteroatoms. The molecule has 0 spiro atoms. The van der Waals surface area contributed by atoms with Gasteiger partial charge in [0.05, 0.1) is 11.9 Å². The number of aromatic amines is 1. The lowest BCUT2D eigenvalue weighted by molar-refractivity contribution is -0.113. The van der Waals surface area contributed by atoms with Crippen LogP contribution < -0.4 is 5.32 Å². The zero-order chi connectivity index (χ0) is 12.8. The Morgan fingerprint density at radius 1 is 1.39 bits per heavy atom. The Hall–Kier alpha value is -1.82. The Morgan fingerprint density at radius 2 is 2.17 bits per heavy atom. The molecule has 0 saturated carbocycles. The highest BCUT2D eigenvalue weighted by Crippen LogP contribution is 2.14. The molecule has 0 fully saturated rings. The molecule has 2 N–H and O–H groups in total. The van der Waals surface area contributed by atoms with Crippen molar-refractivity contribution in [3.63, 3.8) is 0 Å². The van der Waals surface area contributed by atoms with Crippen LogP contribution in [-0.4, -0.2) is 27.1 Å². The first-order valence-corrected chi connectivity index (χ1v) is 6.64. The van der Waals surface area contributed by atoms with Gasteiger partial charge in [0.2, 0.25) is 5.91 Å². The van der Waals surface area contributed by atoms with Crippen LogP contribution in [0.1, 0.15) is 12.5 Å². The average Bonchev–Trinajstić information content (AvgIpc) is 2.90. The number of benzene rings is 1. The van der Waals surface area contributed by atoms with Crippen molar-refractivity contribution < 1.29 is 4.79 Å². The number of amides is 1. The van der Waals surface area contributed by atoms with E-state index >= 15 is 0 Å². The van der Waals surface area contributed by atoms with E-state index in [4.69, 9.17) is 0 Å². The lowest BCUT2D eigenvalue weighted by atomic mass is 10.1. The maximum Gasteiger partial charge on any atom is 0.234 e. The fourth-order valence-corrected chi connectivity index (χ4v) is 2.00.